The van der Waals surface area contributed by atoms with Crippen molar-refractivity contribution in [1.29, 1.82) is 0 Å². The smallest absolute Gasteiger partial charge is 0.164 e. The van der Waals surface area contributed by atoms with Gasteiger partial charge in [-0.3, -0.25) is 0 Å². The normalized spacial score (nSPS) is 13.7. The Hall–Kier alpha value is -8.15. The van der Waals surface area contributed by atoms with Crippen molar-refractivity contribution in [3.8, 4) is 101 Å². The van der Waals surface area contributed by atoms with Gasteiger partial charge in [0.1, 0.15) is 0 Å². The van der Waals surface area contributed by atoms with Crippen molar-refractivity contribution in [2.75, 3.05) is 0 Å². The molecule has 0 unspecified atom stereocenters. The average Bonchev–Trinajstić information content (AvgIpc) is 3.75. The second-order valence-corrected chi connectivity index (χ2v) is 18.5. The molecule has 0 N–H and O–H groups in total. The zero-order chi connectivity index (χ0) is 44.6. The molecule has 0 radical (unpaired) electrons. The van der Waals surface area contributed by atoms with Gasteiger partial charge in [-0.05, 0) is 86.0 Å². The van der Waals surface area contributed by atoms with Gasteiger partial charge in [0.15, 0.2) is 23.3 Å². The Bertz CT molecular complexity index is 3300. The molecule has 0 aliphatic heterocycles. The largest absolute Gasteiger partial charge is 0.228 e. The zero-order valence-corrected chi connectivity index (χ0v) is 37.3. The zero-order valence-electron chi connectivity index (χ0n) is 37.3. The molecule has 0 amide bonds. The van der Waals surface area contributed by atoms with E-state index >= 15 is 0 Å². The number of nitrogens with zero attached hydrogens (tertiary/aromatic N) is 5. The molecule has 0 spiro atoms. The highest BCUT2D eigenvalue weighted by Crippen LogP contribution is 2.51. The second-order valence-electron chi connectivity index (χ2n) is 18.5. The van der Waals surface area contributed by atoms with Crippen LogP contribution < -0.4 is 0 Å². The molecule has 2 heterocycles. The third-order valence-corrected chi connectivity index (χ3v) is 13.8. The summed E-state index contributed by atoms with van der Waals surface area (Å²) in [5.41, 5.74) is 19.9. The molecule has 12 rings (SSSR count). The summed E-state index contributed by atoms with van der Waals surface area (Å²) < 4.78 is 0. The number of hydrogen-bond donors (Lipinski definition) is 0. The minimum Gasteiger partial charge on any atom is -0.228 e. The number of aromatic nitrogens is 5. The summed E-state index contributed by atoms with van der Waals surface area (Å²) in [6.07, 6.45) is 0. The molecule has 0 atom stereocenters. The first kappa shape index (κ1) is 39.4. The van der Waals surface area contributed by atoms with Crippen LogP contribution in [0.15, 0.2) is 200 Å². The summed E-state index contributed by atoms with van der Waals surface area (Å²) in [4.78, 5) is 25.8. The van der Waals surface area contributed by atoms with Crippen LogP contribution in [-0.4, -0.2) is 24.9 Å². The van der Waals surface area contributed by atoms with E-state index < -0.39 is 0 Å². The Morgan fingerprint density at radius 3 is 1.14 bits per heavy atom. The monoisotopic (exact) mass is 847 g/mol. The highest BCUT2D eigenvalue weighted by atomic mass is 15.0. The van der Waals surface area contributed by atoms with Crippen LogP contribution in [0.1, 0.15) is 49.9 Å². The highest BCUT2D eigenvalue weighted by Gasteiger charge is 2.36. The first-order chi connectivity index (χ1) is 32.2. The fourth-order valence-corrected chi connectivity index (χ4v) is 10.2. The summed E-state index contributed by atoms with van der Waals surface area (Å²) >= 11 is 0. The van der Waals surface area contributed by atoms with Crippen LogP contribution in [0.3, 0.4) is 0 Å². The summed E-state index contributed by atoms with van der Waals surface area (Å²) in [5, 5.41) is 0. The fraction of sp³-hybridized carbons (Fsp3) is 0.0984. The van der Waals surface area contributed by atoms with Gasteiger partial charge in [0, 0.05) is 44.2 Å². The van der Waals surface area contributed by atoms with E-state index in [1.54, 1.807) is 0 Å². The van der Waals surface area contributed by atoms with Gasteiger partial charge >= 0.3 is 0 Å². The molecule has 2 aliphatic carbocycles. The van der Waals surface area contributed by atoms with E-state index in [0.29, 0.717) is 23.3 Å². The molecular formula is C61H45N5. The van der Waals surface area contributed by atoms with Crippen LogP contribution in [0.25, 0.3) is 101 Å². The Morgan fingerprint density at radius 2 is 0.591 bits per heavy atom. The van der Waals surface area contributed by atoms with Crippen LogP contribution in [-0.2, 0) is 10.8 Å². The van der Waals surface area contributed by atoms with Crippen LogP contribution in [0.5, 0.6) is 0 Å². The molecule has 0 bridgehead atoms. The lowest BCUT2D eigenvalue weighted by Gasteiger charge is -2.21. The van der Waals surface area contributed by atoms with Crippen LogP contribution >= 0.6 is 0 Å². The van der Waals surface area contributed by atoms with E-state index in [1.807, 2.05) is 36.4 Å². The van der Waals surface area contributed by atoms with Crippen LogP contribution in [0.4, 0.5) is 0 Å². The molecule has 0 fully saturated rings. The van der Waals surface area contributed by atoms with Crippen molar-refractivity contribution in [3.05, 3.63) is 222 Å². The maximum absolute atomic E-state index is 5.21. The average molecular weight is 848 g/mol. The van der Waals surface area contributed by atoms with Gasteiger partial charge in [-0.15, -0.1) is 0 Å². The molecule has 5 nitrogen and oxygen atoms in total. The van der Waals surface area contributed by atoms with Crippen molar-refractivity contribution in [1.82, 2.24) is 24.9 Å². The van der Waals surface area contributed by atoms with Crippen molar-refractivity contribution in [2.24, 2.45) is 0 Å². The van der Waals surface area contributed by atoms with E-state index in [4.69, 9.17) is 24.9 Å². The maximum atomic E-state index is 5.21. The number of hydrogen-bond acceptors (Lipinski definition) is 5. The van der Waals surface area contributed by atoms with Gasteiger partial charge < -0.3 is 0 Å². The summed E-state index contributed by atoms with van der Waals surface area (Å²) in [6, 6.07) is 70.6. The first-order valence-corrected chi connectivity index (χ1v) is 22.7. The molecule has 8 aromatic carbocycles. The molecule has 0 saturated heterocycles. The molecule has 0 saturated carbocycles. The van der Waals surface area contributed by atoms with Crippen molar-refractivity contribution >= 4 is 0 Å². The van der Waals surface area contributed by atoms with Gasteiger partial charge in [0.25, 0.3) is 0 Å². The Labute approximate surface area is 385 Å². The van der Waals surface area contributed by atoms with E-state index in [2.05, 4.69) is 191 Å². The van der Waals surface area contributed by atoms with E-state index in [-0.39, 0.29) is 10.8 Å². The molecule has 66 heavy (non-hydrogen) atoms. The molecule has 2 aromatic heterocycles. The van der Waals surface area contributed by atoms with E-state index in [9.17, 15) is 0 Å². The predicted octanol–water partition coefficient (Wildman–Crippen LogP) is 14.9. The van der Waals surface area contributed by atoms with Crippen LogP contribution in [0.2, 0.25) is 0 Å². The maximum Gasteiger partial charge on any atom is 0.164 e. The molecular weight excluding hydrogens is 803 g/mol. The van der Waals surface area contributed by atoms with E-state index in [0.717, 1.165) is 55.9 Å². The lowest BCUT2D eigenvalue weighted by molar-refractivity contribution is 0.660. The molecule has 314 valence electrons. The standard InChI is InChI=1S/C61H45N5/c1-60(2)50-27-13-11-25-46(50)48-35-43(29-31-52(48)60)55-37-54(62-56(63-55)38-17-7-5-8-18-38)42-23-15-21-40(33-42)41-22-16-24-44(34-41)58-64-57(39-19-9-6-10-20-39)65-59(66-58)45-30-32-53-49(36-45)47-26-12-14-28-51(47)61(53,3)4/h5-37H,1-4H3. The highest BCUT2D eigenvalue weighted by molar-refractivity contribution is 5.86. The summed E-state index contributed by atoms with van der Waals surface area (Å²) in [7, 11) is 0. The first-order valence-electron chi connectivity index (χ1n) is 22.7. The van der Waals surface area contributed by atoms with Gasteiger partial charge in [-0.25, -0.2) is 24.9 Å². The number of fused-ring (bicyclic) bond motifs is 6. The summed E-state index contributed by atoms with van der Waals surface area (Å²) in [5.74, 6) is 2.58. The Balaban J connectivity index is 0.941. The Morgan fingerprint density at radius 1 is 0.242 bits per heavy atom. The molecule has 5 heteroatoms. The molecule has 10 aromatic rings. The quantitative estimate of drug-likeness (QED) is 0.160. The topological polar surface area (TPSA) is 64.5 Å². The Kier molecular flexibility index (Phi) is 9.11. The van der Waals surface area contributed by atoms with Crippen LogP contribution in [0, 0.1) is 0 Å². The minimum absolute atomic E-state index is 0.0721. The SMILES string of the molecule is CC1(C)c2ccccc2-c2cc(-c3cc(-c4cccc(-c5cccc(-c6nc(-c7ccccc7)nc(-c7ccc8c(c7)-c7ccccc7C8(C)C)n6)c5)c4)nc(-c4ccccc4)n3)ccc21. The van der Waals surface area contributed by atoms with Gasteiger partial charge in [0.2, 0.25) is 0 Å². The van der Waals surface area contributed by atoms with Gasteiger partial charge in [-0.2, -0.15) is 0 Å². The summed E-state index contributed by atoms with van der Waals surface area (Å²) in [6.45, 7) is 9.23. The minimum atomic E-state index is -0.0886. The van der Waals surface area contributed by atoms with Gasteiger partial charge in [-0.1, -0.05) is 198 Å². The lowest BCUT2D eigenvalue weighted by Crippen LogP contribution is -2.14. The molecule has 2 aliphatic rings. The van der Waals surface area contributed by atoms with Crippen molar-refractivity contribution < 1.29 is 0 Å². The number of rotatable bonds is 7. The van der Waals surface area contributed by atoms with Crippen molar-refractivity contribution in [3.63, 3.8) is 0 Å². The fourth-order valence-electron chi connectivity index (χ4n) is 10.2. The predicted molar refractivity (Wildman–Crippen MR) is 269 cm³/mol. The number of benzene rings is 8. The lowest BCUT2D eigenvalue weighted by atomic mass is 9.82. The van der Waals surface area contributed by atoms with Gasteiger partial charge in [0.05, 0.1) is 11.4 Å². The third kappa shape index (κ3) is 6.58. The van der Waals surface area contributed by atoms with Crippen molar-refractivity contribution in [2.45, 2.75) is 38.5 Å². The third-order valence-electron chi connectivity index (χ3n) is 13.8. The van der Waals surface area contributed by atoms with E-state index in [1.165, 1.54) is 44.5 Å². The second kappa shape index (κ2) is 15.2.